The van der Waals surface area contributed by atoms with Gasteiger partial charge in [-0.3, -0.25) is 0 Å². The Balaban J connectivity index is 0.842. The monoisotopic (exact) mass is 922 g/mol. The molecule has 15 aromatic carbocycles. The Morgan fingerprint density at radius 3 is 1.07 bits per heavy atom. The quantitative estimate of drug-likeness (QED) is 0.105. The van der Waals surface area contributed by atoms with E-state index in [1.165, 1.54) is 141 Å². The SMILES string of the molecule is C=C/C(=C\C=C(/C)c1ccc2ccc3cccc4ccc1c2c34)c1cc(-c2ccc(-c3ccc4ccc5cccc6ccc3c4c56)cc2)cc(-c2ccc(-c3ccc4ccc5cccc6ccc3c4c56)cc2)c1. The zero-order valence-electron chi connectivity index (χ0n) is 40.4. The van der Waals surface area contributed by atoms with E-state index in [0.717, 1.165) is 22.3 Å². The molecule has 15 rings (SSSR count). The van der Waals surface area contributed by atoms with E-state index in [-0.39, 0.29) is 0 Å². The molecule has 73 heavy (non-hydrogen) atoms. The summed E-state index contributed by atoms with van der Waals surface area (Å²) in [7, 11) is 0. The van der Waals surface area contributed by atoms with E-state index < -0.39 is 0 Å². The lowest BCUT2D eigenvalue weighted by Gasteiger charge is -2.16. The van der Waals surface area contributed by atoms with Crippen molar-refractivity contribution in [3.05, 3.63) is 266 Å². The lowest BCUT2D eigenvalue weighted by molar-refractivity contribution is 1.55. The standard InChI is InChI=1S/C73H46/c1-3-45(14-13-44(2)62-35-29-56-26-23-50-7-4-10-53-32-38-65(62)71(56)68(50)53)59-41-60(46-15-19-48(20-16-46)63-36-30-57-27-24-51-8-5-11-54-33-39-66(63)72(57)69(51)54)43-61(42-59)47-17-21-49(22-18-47)64-37-31-58-28-25-52-9-6-12-55-34-40-67(64)73(58)70(52)55/h3-43H,1H2,2H3/b44-13+,45-14+. The van der Waals surface area contributed by atoms with Crippen molar-refractivity contribution in [2.45, 2.75) is 6.92 Å². The molecule has 0 aliphatic rings. The van der Waals surface area contributed by atoms with Crippen LogP contribution in [0.5, 0.6) is 0 Å². The van der Waals surface area contributed by atoms with Gasteiger partial charge in [0.25, 0.3) is 0 Å². The molecule has 0 saturated heterocycles. The summed E-state index contributed by atoms with van der Waals surface area (Å²) in [6.07, 6.45) is 6.52. The second-order valence-electron chi connectivity index (χ2n) is 20.0. The molecule has 0 N–H and O–H groups in total. The summed E-state index contributed by atoms with van der Waals surface area (Å²) in [5.74, 6) is 0. The Labute approximate surface area is 423 Å². The summed E-state index contributed by atoms with van der Waals surface area (Å²) in [5.41, 5.74) is 14.2. The van der Waals surface area contributed by atoms with Crippen LogP contribution in [0.25, 0.3) is 153 Å². The topological polar surface area (TPSA) is 0 Å². The van der Waals surface area contributed by atoms with E-state index in [4.69, 9.17) is 0 Å². The molecule has 0 amide bonds. The third-order valence-corrected chi connectivity index (χ3v) is 16.1. The molecule has 0 atom stereocenters. The van der Waals surface area contributed by atoms with Gasteiger partial charge in [0, 0.05) is 0 Å². The van der Waals surface area contributed by atoms with Crippen LogP contribution in [-0.4, -0.2) is 0 Å². The van der Waals surface area contributed by atoms with Crippen LogP contribution in [0, 0.1) is 0 Å². The summed E-state index contributed by atoms with van der Waals surface area (Å²) in [6, 6.07) is 86.2. The molecule has 0 heteroatoms. The van der Waals surface area contributed by atoms with Gasteiger partial charge in [-0.2, -0.15) is 0 Å². The van der Waals surface area contributed by atoms with E-state index in [9.17, 15) is 0 Å². The van der Waals surface area contributed by atoms with Crippen LogP contribution in [0.4, 0.5) is 0 Å². The molecule has 0 aliphatic heterocycles. The van der Waals surface area contributed by atoms with Crippen molar-refractivity contribution < 1.29 is 0 Å². The zero-order chi connectivity index (χ0) is 48.3. The first-order valence-electron chi connectivity index (χ1n) is 25.4. The first-order chi connectivity index (χ1) is 36.0. The van der Waals surface area contributed by atoms with Crippen molar-refractivity contribution in [2.75, 3.05) is 0 Å². The van der Waals surface area contributed by atoms with Gasteiger partial charge < -0.3 is 0 Å². The van der Waals surface area contributed by atoms with Gasteiger partial charge in [0.15, 0.2) is 0 Å². The summed E-state index contributed by atoms with van der Waals surface area (Å²) < 4.78 is 0. The van der Waals surface area contributed by atoms with E-state index in [2.05, 4.69) is 256 Å². The third kappa shape index (κ3) is 6.47. The smallest absolute Gasteiger partial charge is 0.00206 e. The molecule has 15 aromatic rings. The van der Waals surface area contributed by atoms with Crippen LogP contribution < -0.4 is 0 Å². The van der Waals surface area contributed by atoms with Crippen LogP contribution >= 0.6 is 0 Å². The van der Waals surface area contributed by atoms with Gasteiger partial charge in [0.05, 0.1) is 0 Å². The predicted molar refractivity (Wildman–Crippen MR) is 318 cm³/mol. The summed E-state index contributed by atoms with van der Waals surface area (Å²) >= 11 is 0. The highest BCUT2D eigenvalue weighted by atomic mass is 14.2. The third-order valence-electron chi connectivity index (χ3n) is 16.1. The van der Waals surface area contributed by atoms with E-state index >= 15 is 0 Å². The highest BCUT2D eigenvalue weighted by Gasteiger charge is 2.17. The molecule has 338 valence electrons. The van der Waals surface area contributed by atoms with Gasteiger partial charge in [0.2, 0.25) is 0 Å². The van der Waals surface area contributed by atoms with Gasteiger partial charge in [0.1, 0.15) is 0 Å². The Hall–Kier alpha value is -9.36. The van der Waals surface area contributed by atoms with Crippen molar-refractivity contribution in [3.63, 3.8) is 0 Å². The second kappa shape index (κ2) is 16.1. The van der Waals surface area contributed by atoms with Crippen molar-refractivity contribution in [1.29, 1.82) is 0 Å². The fourth-order valence-electron chi connectivity index (χ4n) is 12.5. The molecule has 0 spiro atoms. The lowest BCUT2D eigenvalue weighted by atomic mass is 9.88. The average Bonchev–Trinajstić information content (AvgIpc) is 3.45. The van der Waals surface area contributed by atoms with Crippen molar-refractivity contribution in [3.8, 4) is 44.5 Å². The van der Waals surface area contributed by atoms with Crippen LogP contribution in [0.15, 0.2) is 255 Å². The average molecular weight is 923 g/mol. The normalized spacial score (nSPS) is 12.7. The predicted octanol–water partition coefficient (Wildman–Crippen LogP) is 20.7. The molecule has 0 nitrogen and oxygen atoms in total. The minimum absolute atomic E-state index is 1.07. The maximum absolute atomic E-state index is 4.40. The first kappa shape index (κ1) is 41.4. The summed E-state index contributed by atoms with van der Waals surface area (Å²) in [6.45, 7) is 6.63. The number of hydrogen-bond acceptors (Lipinski definition) is 0. The maximum atomic E-state index is 4.40. The van der Waals surface area contributed by atoms with E-state index in [1.807, 2.05) is 6.08 Å². The number of rotatable bonds is 8. The molecule has 0 heterocycles. The largest absolute Gasteiger partial charge is 0.0984 e. The van der Waals surface area contributed by atoms with Crippen molar-refractivity contribution in [2.24, 2.45) is 0 Å². The van der Waals surface area contributed by atoms with Gasteiger partial charge in [-0.1, -0.05) is 237 Å². The molecular formula is C73H46. The highest BCUT2D eigenvalue weighted by Crippen LogP contribution is 2.43. The first-order valence-corrected chi connectivity index (χ1v) is 25.4. The lowest BCUT2D eigenvalue weighted by Crippen LogP contribution is -1.90. The number of allylic oxidation sites excluding steroid dienone is 5. The van der Waals surface area contributed by atoms with E-state index in [1.54, 1.807) is 0 Å². The Morgan fingerprint density at radius 2 is 0.644 bits per heavy atom. The van der Waals surface area contributed by atoms with Crippen LogP contribution in [0.3, 0.4) is 0 Å². The molecule has 0 saturated carbocycles. The molecule has 0 aromatic heterocycles. The van der Waals surface area contributed by atoms with Gasteiger partial charge >= 0.3 is 0 Å². The highest BCUT2D eigenvalue weighted by molar-refractivity contribution is 6.27. The molecular weight excluding hydrogens is 877 g/mol. The second-order valence-corrected chi connectivity index (χ2v) is 20.0. The van der Waals surface area contributed by atoms with E-state index in [0.29, 0.717) is 0 Å². The van der Waals surface area contributed by atoms with Gasteiger partial charge in [-0.25, -0.2) is 0 Å². The fourth-order valence-corrected chi connectivity index (χ4v) is 12.5. The fraction of sp³-hybridized carbons (Fsp3) is 0.0137. The van der Waals surface area contributed by atoms with Crippen LogP contribution in [0.2, 0.25) is 0 Å². The van der Waals surface area contributed by atoms with Gasteiger partial charge in [-0.05, 0) is 189 Å². The van der Waals surface area contributed by atoms with Gasteiger partial charge in [-0.15, -0.1) is 0 Å². The van der Waals surface area contributed by atoms with Crippen LogP contribution in [-0.2, 0) is 0 Å². The zero-order valence-corrected chi connectivity index (χ0v) is 40.4. The molecule has 0 bridgehead atoms. The summed E-state index contributed by atoms with van der Waals surface area (Å²) in [5, 5.41) is 23.4. The van der Waals surface area contributed by atoms with Crippen molar-refractivity contribution >= 4 is 108 Å². The molecule has 0 aliphatic carbocycles. The number of hydrogen-bond donors (Lipinski definition) is 0. The molecule has 0 unspecified atom stereocenters. The minimum Gasteiger partial charge on any atom is -0.0984 e. The molecule has 0 fully saturated rings. The number of benzene rings is 15. The van der Waals surface area contributed by atoms with Crippen LogP contribution in [0.1, 0.15) is 18.1 Å². The Kier molecular flexibility index (Phi) is 9.13. The van der Waals surface area contributed by atoms with Crippen molar-refractivity contribution in [1.82, 2.24) is 0 Å². The summed E-state index contributed by atoms with van der Waals surface area (Å²) in [4.78, 5) is 0. The molecule has 0 radical (unpaired) electrons. The maximum Gasteiger partial charge on any atom is -0.00206 e. The Bertz CT molecular complexity index is 4510. The Morgan fingerprint density at radius 1 is 0.301 bits per heavy atom. The minimum atomic E-state index is 1.07.